The van der Waals surface area contributed by atoms with E-state index in [9.17, 15) is 9.59 Å². The quantitative estimate of drug-likeness (QED) is 0.927. The Morgan fingerprint density at radius 1 is 1.29 bits per heavy atom. The van der Waals surface area contributed by atoms with Crippen molar-refractivity contribution in [1.82, 2.24) is 4.90 Å². The average molecular weight is 327 g/mol. The molecule has 2 N–H and O–H groups in total. The van der Waals surface area contributed by atoms with Gasteiger partial charge in [-0.05, 0) is 36.5 Å². The Hall–Kier alpha value is -1.26. The molecule has 21 heavy (non-hydrogen) atoms. The second-order valence-corrected chi connectivity index (χ2v) is 6.63. The lowest BCUT2D eigenvalue weighted by molar-refractivity contribution is -0.131. The predicted octanol–water partition coefficient (Wildman–Crippen LogP) is 2.43. The van der Waals surface area contributed by atoms with Gasteiger partial charge in [0.05, 0.1) is 5.92 Å². The third kappa shape index (κ3) is 2.87. The maximum absolute atomic E-state index is 12.4. The molecule has 0 spiro atoms. The van der Waals surface area contributed by atoms with Crippen LogP contribution < -0.4 is 5.73 Å². The molecule has 6 heteroatoms. The van der Waals surface area contributed by atoms with E-state index < -0.39 is 0 Å². The first-order chi connectivity index (χ1) is 9.97. The number of carbonyl (C=O) groups excluding carboxylic acids is 2. The Kier molecular flexibility index (Phi) is 3.84. The highest BCUT2D eigenvalue weighted by Crippen LogP contribution is 2.51. The third-order valence-corrected chi connectivity index (χ3v) is 4.93. The highest BCUT2D eigenvalue weighted by atomic mass is 35.5. The summed E-state index contributed by atoms with van der Waals surface area (Å²) in [6, 6.07) is 5.39. The molecular weight excluding hydrogens is 311 g/mol. The molecule has 2 aliphatic rings. The zero-order valence-electron chi connectivity index (χ0n) is 11.4. The second kappa shape index (κ2) is 5.50. The first kappa shape index (κ1) is 14.7. The Morgan fingerprint density at radius 2 is 2.05 bits per heavy atom. The molecule has 3 atom stereocenters. The van der Waals surface area contributed by atoms with Crippen LogP contribution in [0.4, 0.5) is 0 Å². The molecule has 0 aromatic heterocycles. The monoisotopic (exact) mass is 326 g/mol. The fourth-order valence-electron chi connectivity index (χ4n) is 3.04. The summed E-state index contributed by atoms with van der Waals surface area (Å²) in [5, 5.41) is 1.20. The molecular formula is C15H16Cl2N2O2. The van der Waals surface area contributed by atoms with Crippen molar-refractivity contribution in [3.63, 3.8) is 0 Å². The van der Waals surface area contributed by atoms with Crippen LogP contribution >= 0.6 is 23.2 Å². The fourth-order valence-corrected chi connectivity index (χ4v) is 3.59. The van der Waals surface area contributed by atoms with Gasteiger partial charge in [-0.25, -0.2) is 0 Å². The van der Waals surface area contributed by atoms with Crippen LogP contribution in [0.15, 0.2) is 18.2 Å². The minimum atomic E-state index is -0.321. The van der Waals surface area contributed by atoms with Crippen LogP contribution in [0.25, 0.3) is 0 Å². The van der Waals surface area contributed by atoms with Gasteiger partial charge in [0.25, 0.3) is 0 Å². The molecule has 112 valence electrons. The SMILES string of the molecule is NC(=O)C1CCN(C(=O)C2CC2c2ccc(Cl)cc2Cl)C1. The van der Waals surface area contributed by atoms with E-state index in [1.807, 2.05) is 6.07 Å². The summed E-state index contributed by atoms with van der Waals surface area (Å²) in [5.41, 5.74) is 6.27. The van der Waals surface area contributed by atoms with Crippen LogP contribution in [0.5, 0.6) is 0 Å². The smallest absolute Gasteiger partial charge is 0.226 e. The van der Waals surface area contributed by atoms with Crippen LogP contribution in [0.1, 0.15) is 24.3 Å². The molecule has 3 rings (SSSR count). The van der Waals surface area contributed by atoms with Crippen molar-refractivity contribution in [2.45, 2.75) is 18.8 Å². The third-order valence-electron chi connectivity index (χ3n) is 4.37. The highest BCUT2D eigenvalue weighted by molar-refractivity contribution is 6.35. The van der Waals surface area contributed by atoms with Crippen molar-refractivity contribution >= 4 is 35.0 Å². The van der Waals surface area contributed by atoms with Gasteiger partial charge in [-0.2, -0.15) is 0 Å². The van der Waals surface area contributed by atoms with E-state index in [4.69, 9.17) is 28.9 Å². The van der Waals surface area contributed by atoms with Crippen molar-refractivity contribution in [1.29, 1.82) is 0 Å². The maximum Gasteiger partial charge on any atom is 0.226 e. The van der Waals surface area contributed by atoms with Gasteiger partial charge in [0.2, 0.25) is 11.8 Å². The molecule has 0 radical (unpaired) electrons. The summed E-state index contributed by atoms with van der Waals surface area (Å²) >= 11 is 12.1. The molecule has 1 saturated carbocycles. The van der Waals surface area contributed by atoms with E-state index >= 15 is 0 Å². The standard InChI is InChI=1S/C15H16Cl2N2O2/c16-9-1-2-10(13(17)5-9)11-6-12(11)15(21)19-4-3-8(7-19)14(18)20/h1-2,5,8,11-12H,3-4,6-7H2,(H2,18,20). The van der Waals surface area contributed by atoms with Gasteiger partial charge in [0.15, 0.2) is 0 Å². The predicted molar refractivity (Wildman–Crippen MR) is 81.2 cm³/mol. The van der Waals surface area contributed by atoms with Crippen LogP contribution in [-0.2, 0) is 9.59 Å². The topological polar surface area (TPSA) is 63.4 Å². The van der Waals surface area contributed by atoms with Crippen molar-refractivity contribution in [3.05, 3.63) is 33.8 Å². The molecule has 4 nitrogen and oxygen atoms in total. The zero-order chi connectivity index (χ0) is 15.1. The molecule has 1 aliphatic heterocycles. The number of rotatable bonds is 3. The highest BCUT2D eigenvalue weighted by Gasteiger charge is 2.47. The van der Waals surface area contributed by atoms with Gasteiger partial charge in [-0.15, -0.1) is 0 Å². The summed E-state index contributed by atoms with van der Waals surface area (Å²) in [5.74, 6) is -0.288. The summed E-state index contributed by atoms with van der Waals surface area (Å²) in [6.07, 6.45) is 1.47. The minimum Gasteiger partial charge on any atom is -0.369 e. The van der Waals surface area contributed by atoms with Gasteiger partial charge in [-0.3, -0.25) is 9.59 Å². The lowest BCUT2D eigenvalue weighted by Gasteiger charge is -2.16. The molecule has 1 aliphatic carbocycles. The minimum absolute atomic E-state index is 0.0321. The van der Waals surface area contributed by atoms with Crippen LogP contribution in [0, 0.1) is 11.8 Å². The van der Waals surface area contributed by atoms with E-state index in [1.54, 1.807) is 17.0 Å². The first-order valence-electron chi connectivity index (χ1n) is 7.00. The first-order valence-corrected chi connectivity index (χ1v) is 7.76. The summed E-state index contributed by atoms with van der Waals surface area (Å²) in [7, 11) is 0. The van der Waals surface area contributed by atoms with Crippen molar-refractivity contribution in [3.8, 4) is 0 Å². The number of halogens is 2. The summed E-state index contributed by atoms with van der Waals surface area (Å²) in [4.78, 5) is 25.4. The molecule has 2 fully saturated rings. The van der Waals surface area contributed by atoms with Crippen LogP contribution in [0.2, 0.25) is 10.0 Å². The number of amides is 2. The Balaban J connectivity index is 1.65. The Bertz CT molecular complexity index is 605. The van der Waals surface area contributed by atoms with E-state index in [1.165, 1.54) is 0 Å². The number of hydrogen-bond donors (Lipinski definition) is 1. The van der Waals surface area contributed by atoms with Gasteiger partial charge in [0.1, 0.15) is 0 Å². The van der Waals surface area contributed by atoms with Crippen LogP contribution in [0.3, 0.4) is 0 Å². The van der Waals surface area contributed by atoms with Gasteiger partial charge in [0, 0.05) is 29.1 Å². The molecule has 3 unspecified atom stereocenters. The van der Waals surface area contributed by atoms with Crippen molar-refractivity contribution in [2.75, 3.05) is 13.1 Å². The van der Waals surface area contributed by atoms with E-state index in [0.717, 1.165) is 12.0 Å². The van der Waals surface area contributed by atoms with E-state index in [-0.39, 0.29) is 29.6 Å². The summed E-state index contributed by atoms with van der Waals surface area (Å²) in [6.45, 7) is 1.07. The Labute approximate surface area is 133 Å². The largest absolute Gasteiger partial charge is 0.369 e. The molecule has 1 saturated heterocycles. The van der Waals surface area contributed by atoms with Crippen molar-refractivity contribution in [2.24, 2.45) is 17.6 Å². The zero-order valence-corrected chi connectivity index (χ0v) is 12.9. The van der Waals surface area contributed by atoms with Gasteiger partial charge >= 0.3 is 0 Å². The molecule has 2 amide bonds. The molecule has 1 heterocycles. The number of carbonyl (C=O) groups is 2. The summed E-state index contributed by atoms with van der Waals surface area (Å²) < 4.78 is 0. The number of nitrogens with two attached hydrogens (primary N) is 1. The van der Waals surface area contributed by atoms with Gasteiger partial charge < -0.3 is 10.6 Å². The van der Waals surface area contributed by atoms with E-state index in [2.05, 4.69) is 0 Å². The fraction of sp³-hybridized carbons (Fsp3) is 0.467. The van der Waals surface area contributed by atoms with Gasteiger partial charge in [-0.1, -0.05) is 29.3 Å². The molecule has 1 aromatic carbocycles. The molecule has 1 aromatic rings. The number of benzene rings is 1. The number of primary amides is 1. The maximum atomic E-state index is 12.4. The molecule has 0 bridgehead atoms. The lowest BCUT2D eigenvalue weighted by Crippen LogP contribution is -2.33. The van der Waals surface area contributed by atoms with Crippen LogP contribution in [-0.4, -0.2) is 29.8 Å². The number of hydrogen-bond acceptors (Lipinski definition) is 2. The van der Waals surface area contributed by atoms with Crippen molar-refractivity contribution < 1.29 is 9.59 Å². The Morgan fingerprint density at radius 3 is 2.67 bits per heavy atom. The van der Waals surface area contributed by atoms with E-state index in [0.29, 0.717) is 29.6 Å². The second-order valence-electron chi connectivity index (χ2n) is 5.79. The normalized spacial score (nSPS) is 27.7. The lowest BCUT2D eigenvalue weighted by atomic mass is 10.1. The number of likely N-dealkylation sites (tertiary alicyclic amines) is 1. The average Bonchev–Trinajstić information content (AvgIpc) is 3.04. The number of nitrogens with zero attached hydrogens (tertiary/aromatic N) is 1.